The molecule has 112 valence electrons. The fourth-order valence-corrected chi connectivity index (χ4v) is 2.36. The summed E-state index contributed by atoms with van der Waals surface area (Å²) >= 11 is 2.43. The first-order valence-corrected chi connectivity index (χ1v) is 8.19. The minimum Gasteiger partial charge on any atom is -0.459 e. The lowest BCUT2D eigenvalue weighted by molar-refractivity contribution is 0.0341. The molecule has 0 saturated heterocycles. The van der Waals surface area contributed by atoms with Crippen LogP contribution in [0.2, 0.25) is 0 Å². The van der Waals surface area contributed by atoms with Crippen LogP contribution in [0.15, 0.2) is 17.6 Å². The summed E-state index contributed by atoms with van der Waals surface area (Å²) in [5.74, 6) is -0.464. The number of thioether (sulfide) groups is 1. The van der Waals surface area contributed by atoms with E-state index in [1.807, 2.05) is 13.2 Å². The normalized spacial score (nSPS) is 10.6. The van der Waals surface area contributed by atoms with Crippen molar-refractivity contribution in [1.29, 1.82) is 0 Å². The van der Waals surface area contributed by atoms with Crippen molar-refractivity contribution >= 4 is 29.3 Å². The molecule has 0 N–H and O–H groups in total. The summed E-state index contributed by atoms with van der Waals surface area (Å²) in [5, 5.41) is 4.61. The molecule has 7 nitrogen and oxygen atoms in total. The van der Waals surface area contributed by atoms with E-state index in [1.165, 1.54) is 11.8 Å². The number of aromatic nitrogens is 4. The summed E-state index contributed by atoms with van der Waals surface area (Å²) in [6.45, 7) is 3.04. The second-order valence-corrected chi connectivity index (χ2v) is 5.27. The first kappa shape index (κ1) is 15.8. The summed E-state index contributed by atoms with van der Waals surface area (Å²) in [5.41, 5.74) is 1.08. The van der Waals surface area contributed by atoms with Crippen LogP contribution in [0.4, 0.5) is 0 Å². The smallest absolute Gasteiger partial charge is 0.352 e. The van der Waals surface area contributed by atoms with Gasteiger partial charge in [-0.3, -0.25) is 0 Å². The van der Waals surface area contributed by atoms with Crippen molar-refractivity contribution in [3.05, 3.63) is 17.3 Å². The fourth-order valence-electron chi connectivity index (χ4n) is 1.46. The van der Waals surface area contributed by atoms with Crippen LogP contribution in [-0.4, -0.2) is 51.6 Å². The maximum absolute atomic E-state index is 12.0. The first-order chi connectivity index (χ1) is 10.3. The zero-order valence-electron chi connectivity index (χ0n) is 11.6. The van der Waals surface area contributed by atoms with E-state index in [1.54, 1.807) is 12.4 Å². The molecule has 0 unspecified atom stereocenters. The zero-order chi connectivity index (χ0) is 15.1. The third kappa shape index (κ3) is 4.19. The van der Waals surface area contributed by atoms with Crippen LogP contribution in [0.5, 0.6) is 0 Å². The molecule has 0 fully saturated rings. The van der Waals surface area contributed by atoms with Gasteiger partial charge < -0.3 is 9.47 Å². The highest BCUT2D eigenvalue weighted by atomic mass is 32.2. The Morgan fingerprint density at radius 1 is 1.33 bits per heavy atom. The van der Waals surface area contributed by atoms with Gasteiger partial charge in [-0.05, 0) is 24.7 Å². The fraction of sp³-hybridized carbons (Fsp3) is 0.417. The third-order valence-corrected chi connectivity index (χ3v) is 3.70. The van der Waals surface area contributed by atoms with Crippen molar-refractivity contribution in [3.8, 4) is 11.3 Å². The van der Waals surface area contributed by atoms with E-state index in [0.717, 1.165) is 11.5 Å². The molecule has 0 spiro atoms. The maximum Gasteiger partial charge on any atom is 0.352 e. The molecule has 0 aliphatic rings. The highest BCUT2D eigenvalue weighted by Crippen LogP contribution is 2.24. The van der Waals surface area contributed by atoms with Gasteiger partial charge in [0.15, 0.2) is 10.0 Å². The molecule has 2 rings (SSSR count). The van der Waals surface area contributed by atoms with E-state index in [0.29, 0.717) is 34.5 Å². The molecule has 0 atom stereocenters. The van der Waals surface area contributed by atoms with E-state index in [4.69, 9.17) is 9.47 Å². The molecule has 0 aliphatic heterocycles. The number of nitrogens with zero attached hydrogens (tertiary/aromatic N) is 4. The molecule has 0 bridgehead atoms. The lowest BCUT2D eigenvalue weighted by atomic mass is 10.2. The van der Waals surface area contributed by atoms with Crippen LogP contribution in [-0.2, 0) is 9.47 Å². The molecule has 0 aromatic carbocycles. The summed E-state index contributed by atoms with van der Waals surface area (Å²) in [7, 11) is 0. The van der Waals surface area contributed by atoms with E-state index < -0.39 is 5.97 Å². The Kier molecular flexibility index (Phi) is 6.03. The first-order valence-electron chi connectivity index (χ1n) is 6.20. The van der Waals surface area contributed by atoms with Gasteiger partial charge in [0, 0.05) is 24.6 Å². The highest BCUT2D eigenvalue weighted by Gasteiger charge is 2.19. The second kappa shape index (κ2) is 8.01. The average molecular weight is 326 g/mol. The number of carbonyl (C=O) groups excluding carboxylic acids is 1. The van der Waals surface area contributed by atoms with Crippen LogP contribution in [0.1, 0.15) is 16.6 Å². The Labute approximate surface area is 130 Å². The monoisotopic (exact) mass is 326 g/mol. The van der Waals surface area contributed by atoms with E-state index in [-0.39, 0.29) is 6.61 Å². The van der Waals surface area contributed by atoms with Gasteiger partial charge in [-0.25, -0.2) is 14.8 Å². The Morgan fingerprint density at radius 2 is 2.10 bits per heavy atom. The topological polar surface area (TPSA) is 87.1 Å². The molecule has 2 aromatic rings. The van der Waals surface area contributed by atoms with Gasteiger partial charge in [0.2, 0.25) is 0 Å². The van der Waals surface area contributed by atoms with Gasteiger partial charge in [0.1, 0.15) is 12.3 Å². The summed E-state index contributed by atoms with van der Waals surface area (Å²) in [4.78, 5) is 20.6. The summed E-state index contributed by atoms with van der Waals surface area (Å²) in [6.07, 6.45) is 5.12. The van der Waals surface area contributed by atoms with Gasteiger partial charge in [-0.1, -0.05) is 16.3 Å². The van der Waals surface area contributed by atoms with Crippen molar-refractivity contribution in [3.63, 3.8) is 0 Å². The lowest BCUT2D eigenvalue weighted by Gasteiger charge is -2.04. The predicted molar refractivity (Wildman–Crippen MR) is 79.5 cm³/mol. The van der Waals surface area contributed by atoms with Gasteiger partial charge in [0.25, 0.3) is 0 Å². The number of esters is 1. The number of rotatable bonds is 7. The Hall–Kier alpha value is -1.58. The maximum atomic E-state index is 12.0. The number of hydrogen-bond donors (Lipinski definition) is 0. The molecule has 9 heteroatoms. The van der Waals surface area contributed by atoms with Crippen LogP contribution < -0.4 is 0 Å². The largest absolute Gasteiger partial charge is 0.459 e. The Bertz CT molecular complexity index is 588. The zero-order valence-corrected chi connectivity index (χ0v) is 13.2. The van der Waals surface area contributed by atoms with E-state index in [2.05, 4.69) is 19.6 Å². The van der Waals surface area contributed by atoms with Gasteiger partial charge in [-0.2, -0.15) is 0 Å². The number of ether oxygens (including phenoxy) is 2. The quantitative estimate of drug-likeness (QED) is 0.330. The highest BCUT2D eigenvalue weighted by molar-refractivity contribution is 7.98. The average Bonchev–Trinajstić information content (AvgIpc) is 3.01. The van der Waals surface area contributed by atoms with E-state index >= 15 is 0 Å². The van der Waals surface area contributed by atoms with Crippen LogP contribution in [0.3, 0.4) is 0 Å². The summed E-state index contributed by atoms with van der Waals surface area (Å²) < 4.78 is 14.0. The number of hydrogen-bond acceptors (Lipinski definition) is 9. The second-order valence-electron chi connectivity index (χ2n) is 3.74. The molecule has 0 amide bonds. The van der Waals surface area contributed by atoms with Gasteiger partial charge in [-0.15, -0.1) is 5.10 Å². The molecule has 2 aromatic heterocycles. The SMILES string of the molecule is CCOCCOC(=O)c1snnc1-c1cnc(SC)nc1. The van der Waals surface area contributed by atoms with Crippen LogP contribution >= 0.6 is 23.3 Å². The Morgan fingerprint density at radius 3 is 2.76 bits per heavy atom. The van der Waals surface area contributed by atoms with E-state index in [9.17, 15) is 4.79 Å². The van der Waals surface area contributed by atoms with Crippen molar-refractivity contribution in [1.82, 2.24) is 19.6 Å². The van der Waals surface area contributed by atoms with Gasteiger partial charge >= 0.3 is 5.97 Å². The molecular weight excluding hydrogens is 312 g/mol. The van der Waals surface area contributed by atoms with Crippen molar-refractivity contribution < 1.29 is 14.3 Å². The third-order valence-electron chi connectivity index (χ3n) is 2.42. The summed E-state index contributed by atoms with van der Waals surface area (Å²) in [6, 6.07) is 0. The van der Waals surface area contributed by atoms with Gasteiger partial charge in [0.05, 0.1) is 6.61 Å². The minimum absolute atomic E-state index is 0.200. The molecule has 0 aliphatic carbocycles. The van der Waals surface area contributed by atoms with Crippen molar-refractivity contribution in [2.24, 2.45) is 0 Å². The standard InChI is InChI=1S/C12H14N4O3S2/c1-3-18-4-5-19-11(17)10-9(15-16-21-10)8-6-13-12(20-2)14-7-8/h6-7H,3-5H2,1-2H3. The molecule has 0 saturated carbocycles. The van der Waals surface area contributed by atoms with Crippen molar-refractivity contribution in [2.45, 2.75) is 12.1 Å². The molecule has 0 radical (unpaired) electrons. The van der Waals surface area contributed by atoms with Crippen LogP contribution in [0, 0.1) is 0 Å². The lowest BCUT2D eigenvalue weighted by Crippen LogP contribution is -2.10. The molecule has 2 heterocycles. The van der Waals surface area contributed by atoms with Crippen LogP contribution in [0.25, 0.3) is 11.3 Å². The minimum atomic E-state index is -0.464. The predicted octanol–water partition coefficient (Wildman–Crippen LogP) is 1.91. The van der Waals surface area contributed by atoms with Crippen molar-refractivity contribution in [2.75, 3.05) is 26.1 Å². The Balaban J connectivity index is 2.08. The molecular formula is C12H14N4O3S2. The number of carbonyl (C=O) groups is 1. The molecule has 21 heavy (non-hydrogen) atoms.